The fourth-order valence-electron chi connectivity index (χ4n) is 5.83. The van der Waals surface area contributed by atoms with Crippen molar-refractivity contribution in [1.82, 2.24) is 14.8 Å². The molecule has 4 nitrogen and oxygen atoms in total. The molecule has 0 saturated carbocycles. The number of hydrogen-bond acceptors (Lipinski definition) is 3. The fraction of sp³-hybridized carbons (Fsp3) is 0.500. The Balaban J connectivity index is 1.30. The van der Waals surface area contributed by atoms with Crippen LogP contribution in [-0.4, -0.2) is 46.4 Å². The summed E-state index contributed by atoms with van der Waals surface area (Å²) in [5.74, 6) is 1.50. The van der Waals surface area contributed by atoms with Crippen LogP contribution in [0.1, 0.15) is 42.9 Å². The highest BCUT2D eigenvalue weighted by Gasteiger charge is 2.45. The number of likely N-dealkylation sites (tertiary alicyclic amines) is 1. The molecule has 1 amide bonds. The number of aromatic nitrogens is 1. The predicted molar refractivity (Wildman–Crippen MR) is 110 cm³/mol. The molecule has 5 rings (SSSR count). The topological polar surface area (TPSA) is 36.4 Å². The highest BCUT2D eigenvalue weighted by Crippen LogP contribution is 2.44. The van der Waals surface area contributed by atoms with E-state index in [9.17, 15) is 4.79 Å². The molecule has 3 aliphatic heterocycles. The number of pyridine rings is 1. The first-order valence-corrected chi connectivity index (χ1v) is 10.8. The van der Waals surface area contributed by atoms with Gasteiger partial charge in [0.1, 0.15) is 0 Å². The van der Waals surface area contributed by atoms with Crippen LogP contribution < -0.4 is 0 Å². The fourth-order valence-corrected chi connectivity index (χ4v) is 5.83. The molecule has 1 aromatic heterocycles. The SMILES string of the molecule is O=C(Cc1cccnc1)N1C[C@@H]2C[C@H](C1)[C@@H]1CCC[C@H](c3ccccc3)N1C2. The molecule has 0 aliphatic carbocycles. The van der Waals surface area contributed by atoms with Crippen LogP contribution in [0.25, 0.3) is 0 Å². The van der Waals surface area contributed by atoms with Crippen molar-refractivity contribution in [2.24, 2.45) is 11.8 Å². The molecular formula is C24H29N3O. The van der Waals surface area contributed by atoms with E-state index in [0.717, 1.165) is 25.2 Å². The van der Waals surface area contributed by atoms with Crippen LogP contribution in [0.15, 0.2) is 54.9 Å². The van der Waals surface area contributed by atoms with E-state index in [4.69, 9.17) is 0 Å². The van der Waals surface area contributed by atoms with Gasteiger partial charge in [0.25, 0.3) is 0 Å². The minimum atomic E-state index is 0.270. The third-order valence-electron chi connectivity index (χ3n) is 7.00. The first-order chi connectivity index (χ1) is 13.8. The average Bonchev–Trinajstić information content (AvgIpc) is 2.74. The van der Waals surface area contributed by atoms with Gasteiger partial charge >= 0.3 is 0 Å². The van der Waals surface area contributed by atoms with Crippen LogP contribution >= 0.6 is 0 Å². The van der Waals surface area contributed by atoms with Crippen molar-refractivity contribution in [2.75, 3.05) is 19.6 Å². The Morgan fingerprint density at radius 1 is 1.04 bits per heavy atom. The van der Waals surface area contributed by atoms with Gasteiger partial charge in [-0.1, -0.05) is 36.4 Å². The number of amides is 1. The lowest BCUT2D eigenvalue weighted by atomic mass is 9.74. The molecule has 2 aromatic rings. The normalized spacial score (nSPS) is 29.9. The number of fused-ring (bicyclic) bond motifs is 4. The van der Waals surface area contributed by atoms with E-state index >= 15 is 0 Å². The Morgan fingerprint density at radius 3 is 2.75 bits per heavy atom. The minimum absolute atomic E-state index is 0.270. The average molecular weight is 376 g/mol. The van der Waals surface area contributed by atoms with Gasteiger partial charge in [0.05, 0.1) is 6.42 Å². The van der Waals surface area contributed by atoms with Crippen molar-refractivity contribution in [2.45, 2.75) is 44.2 Å². The maximum Gasteiger partial charge on any atom is 0.227 e. The number of benzene rings is 1. The van der Waals surface area contributed by atoms with Crippen molar-refractivity contribution in [3.8, 4) is 0 Å². The van der Waals surface area contributed by atoms with Gasteiger partial charge in [-0.05, 0) is 54.7 Å². The van der Waals surface area contributed by atoms with Crippen molar-refractivity contribution >= 4 is 5.91 Å². The van der Waals surface area contributed by atoms with E-state index < -0.39 is 0 Å². The van der Waals surface area contributed by atoms with Crippen LogP contribution in [0.5, 0.6) is 0 Å². The number of nitrogens with zero attached hydrogens (tertiary/aromatic N) is 3. The van der Waals surface area contributed by atoms with Gasteiger partial charge in [-0.3, -0.25) is 14.7 Å². The zero-order chi connectivity index (χ0) is 18.9. The third-order valence-corrected chi connectivity index (χ3v) is 7.00. The highest BCUT2D eigenvalue weighted by molar-refractivity contribution is 5.78. The number of piperidine rings is 3. The van der Waals surface area contributed by atoms with Crippen LogP contribution in [0.3, 0.4) is 0 Å². The smallest absolute Gasteiger partial charge is 0.227 e. The minimum Gasteiger partial charge on any atom is -0.342 e. The molecule has 4 heteroatoms. The number of rotatable bonds is 3. The first kappa shape index (κ1) is 17.9. The molecule has 3 saturated heterocycles. The summed E-state index contributed by atoms with van der Waals surface area (Å²) in [5, 5.41) is 0. The van der Waals surface area contributed by atoms with Crippen LogP contribution in [-0.2, 0) is 11.2 Å². The second-order valence-corrected chi connectivity index (χ2v) is 8.82. The quantitative estimate of drug-likeness (QED) is 0.821. The van der Waals surface area contributed by atoms with Gasteiger partial charge in [0.2, 0.25) is 5.91 Å². The lowest BCUT2D eigenvalue weighted by molar-refractivity contribution is -0.138. The largest absolute Gasteiger partial charge is 0.342 e. The maximum absolute atomic E-state index is 12.9. The molecule has 0 unspecified atom stereocenters. The summed E-state index contributed by atoms with van der Waals surface area (Å²) in [7, 11) is 0. The molecule has 0 radical (unpaired) electrons. The molecule has 4 heterocycles. The van der Waals surface area contributed by atoms with Crippen LogP contribution in [0, 0.1) is 11.8 Å². The molecule has 1 aromatic carbocycles. The Morgan fingerprint density at radius 2 is 1.93 bits per heavy atom. The summed E-state index contributed by atoms with van der Waals surface area (Å²) < 4.78 is 0. The summed E-state index contributed by atoms with van der Waals surface area (Å²) in [6.45, 7) is 2.98. The highest BCUT2D eigenvalue weighted by atomic mass is 16.2. The third kappa shape index (κ3) is 3.46. The summed E-state index contributed by atoms with van der Waals surface area (Å²) >= 11 is 0. The molecule has 0 N–H and O–H groups in total. The van der Waals surface area contributed by atoms with Crippen LogP contribution in [0.4, 0.5) is 0 Å². The molecule has 4 atom stereocenters. The lowest BCUT2D eigenvalue weighted by Crippen LogP contribution is -2.60. The van der Waals surface area contributed by atoms with Gasteiger partial charge in [-0.15, -0.1) is 0 Å². The lowest BCUT2D eigenvalue weighted by Gasteiger charge is -2.55. The molecule has 2 bridgehead atoms. The van der Waals surface area contributed by atoms with Gasteiger partial charge in [-0.2, -0.15) is 0 Å². The number of hydrogen-bond donors (Lipinski definition) is 0. The van der Waals surface area contributed by atoms with E-state index in [1.165, 1.54) is 31.2 Å². The molecule has 3 aliphatic rings. The second-order valence-electron chi connectivity index (χ2n) is 8.82. The van der Waals surface area contributed by atoms with Gasteiger partial charge < -0.3 is 4.90 Å². The number of carbonyl (C=O) groups is 1. The molecular weight excluding hydrogens is 346 g/mol. The Labute approximate surface area is 167 Å². The van der Waals surface area contributed by atoms with Crippen LogP contribution in [0.2, 0.25) is 0 Å². The van der Waals surface area contributed by atoms with E-state index in [1.807, 2.05) is 18.3 Å². The zero-order valence-electron chi connectivity index (χ0n) is 16.4. The zero-order valence-corrected chi connectivity index (χ0v) is 16.4. The summed E-state index contributed by atoms with van der Waals surface area (Å²) in [6.07, 6.45) is 9.20. The van der Waals surface area contributed by atoms with Crippen molar-refractivity contribution in [3.05, 3.63) is 66.0 Å². The summed E-state index contributed by atoms with van der Waals surface area (Å²) in [4.78, 5) is 22.0. The van der Waals surface area contributed by atoms with E-state index in [1.54, 1.807) is 6.20 Å². The second kappa shape index (κ2) is 7.67. The first-order valence-electron chi connectivity index (χ1n) is 10.8. The summed E-state index contributed by atoms with van der Waals surface area (Å²) in [5.41, 5.74) is 2.49. The predicted octanol–water partition coefficient (Wildman–Crippen LogP) is 3.70. The van der Waals surface area contributed by atoms with Gasteiger partial charge in [0, 0.05) is 44.1 Å². The molecule has 146 valence electrons. The molecule has 28 heavy (non-hydrogen) atoms. The number of carbonyl (C=O) groups excluding carboxylic acids is 1. The Kier molecular flexibility index (Phi) is 4.89. The van der Waals surface area contributed by atoms with E-state index in [-0.39, 0.29) is 5.91 Å². The molecule has 0 spiro atoms. The summed E-state index contributed by atoms with van der Waals surface area (Å²) in [6, 6.07) is 16.1. The Bertz CT molecular complexity index is 809. The molecule has 3 fully saturated rings. The standard InChI is InChI=1S/C24H29N3O/c28-24(13-18-6-5-11-25-14-18)26-15-19-12-21(17-26)23-10-4-9-22(27(23)16-19)20-7-2-1-3-8-20/h1-3,5-8,11,14,19,21-23H,4,9-10,12-13,15-17H2/t19-,21+,22+,23-/m0/s1. The monoisotopic (exact) mass is 375 g/mol. The van der Waals surface area contributed by atoms with Crippen molar-refractivity contribution in [3.63, 3.8) is 0 Å². The van der Waals surface area contributed by atoms with E-state index in [2.05, 4.69) is 45.1 Å². The van der Waals surface area contributed by atoms with E-state index in [0.29, 0.717) is 30.3 Å². The van der Waals surface area contributed by atoms with Crippen molar-refractivity contribution < 1.29 is 4.79 Å². The Hall–Kier alpha value is -2.20. The van der Waals surface area contributed by atoms with Gasteiger partial charge in [-0.25, -0.2) is 0 Å². The van der Waals surface area contributed by atoms with Gasteiger partial charge in [0.15, 0.2) is 0 Å². The maximum atomic E-state index is 12.9. The van der Waals surface area contributed by atoms with Crippen molar-refractivity contribution in [1.29, 1.82) is 0 Å².